The van der Waals surface area contributed by atoms with Crippen molar-refractivity contribution in [1.82, 2.24) is 9.97 Å². The number of benzene rings is 2. The molecule has 0 atom stereocenters. The van der Waals surface area contributed by atoms with Gasteiger partial charge in [-0.3, -0.25) is 0 Å². The maximum Gasteiger partial charge on any atom is 0.141 e. The number of hydrogen-bond donors (Lipinski definition) is 3. The molecular weight excluding hydrogens is 282 g/mol. The highest BCUT2D eigenvalue weighted by Crippen LogP contribution is 2.30. The summed E-state index contributed by atoms with van der Waals surface area (Å²) in [5.41, 5.74) is 2.07. The first kappa shape index (κ1) is 14.1. The molecule has 0 aliphatic rings. The van der Waals surface area contributed by atoms with Gasteiger partial charge in [0.15, 0.2) is 0 Å². The highest BCUT2D eigenvalue weighted by atomic mass is 16.5. The Bertz CT molecular complexity index is 821. The molecule has 6 nitrogen and oxygen atoms in total. The van der Waals surface area contributed by atoms with Gasteiger partial charge in [0, 0.05) is 22.7 Å². The fourth-order valence-electron chi connectivity index (χ4n) is 2.26. The second-order valence-electron chi connectivity index (χ2n) is 4.74. The lowest BCUT2D eigenvalue weighted by Gasteiger charge is -2.12. The standard InChI is InChI=1S/C16H15N3O3/c1-22-15-7-13-14(5-10(15)8-20)17-9-18-16(13)19-11-3-2-4-12(21)6-11/h2-7,9,20-21H,8H2,1H3,(H,17,18,19). The Hall–Kier alpha value is -2.86. The Morgan fingerprint density at radius 1 is 1.18 bits per heavy atom. The lowest BCUT2D eigenvalue weighted by molar-refractivity contribution is 0.274. The van der Waals surface area contributed by atoms with E-state index in [1.165, 1.54) is 6.33 Å². The summed E-state index contributed by atoms with van der Waals surface area (Å²) in [6.45, 7) is -0.127. The molecule has 6 heteroatoms. The van der Waals surface area contributed by atoms with Crippen molar-refractivity contribution in [2.45, 2.75) is 6.61 Å². The van der Waals surface area contributed by atoms with Crippen LogP contribution >= 0.6 is 0 Å². The fraction of sp³-hybridized carbons (Fsp3) is 0.125. The van der Waals surface area contributed by atoms with Crippen LogP contribution < -0.4 is 10.1 Å². The molecule has 1 aromatic heterocycles. The summed E-state index contributed by atoms with van der Waals surface area (Å²) >= 11 is 0. The molecule has 0 spiro atoms. The van der Waals surface area contributed by atoms with Crippen molar-refractivity contribution < 1.29 is 14.9 Å². The number of fused-ring (bicyclic) bond motifs is 1. The predicted octanol–water partition coefficient (Wildman–Crippen LogP) is 2.58. The Morgan fingerprint density at radius 3 is 2.77 bits per heavy atom. The van der Waals surface area contributed by atoms with Gasteiger partial charge >= 0.3 is 0 Å². The minimum Gasteiger partial charge on any atom is -0.508 e. The van der Waals surface area contributed by atoms with Crippen LogP contribution in [-0.2, 0) is 6.61 Å². The molecule has 0 fully saturated rings. The van der Waals surface area contributed by atoms with Crippen LogP contribution in [0.1, 0.15) is 5.56 Å². The van der Waals surface area contributed by atoms with Crippen LogP contribution in [0.2, 0.25) is 0 Å². The number of phenols is 1. The summed E-state index contributed by atoms with van der Waals surface area (Å²) in [6.07, 6.45) is 1.45. The van der Waals surface area contributed by atoms with Gasteiger partial charge in [-0.15, -0.1) is 0 Å². The van der Waals surface area contributed by atoms with Gasteiger partial charge in [0.1, 0.15) is 23.6 Å². The Labute approximate surface area is 127 Å². The average molecular weight is 297 g/mol. The third kappa shape index (κ3) is 2.64. The van der Waals surface area contributed by atoms with E-state index in [0.29, 0.717) is 28.3 Å². The number of hydrogen-bond acceptors (Lipinski definition) is 6. The number of phenolic OH excluding ortho intramolecular Hbond substituents is 1. The molecule has 1 heterocycles. The molecule has 2 aromatic carbocycles. The molecule has 3 N–H and O–H groups in total. The monoisotopic (exact) mass is 297 g/mol. The third-order valence-electron chi connectivity index (χ3n) is 3.32. The molecule has 0 aliphatic carbocycles. The smallest absolute Gasteiger partial charge is 0.141 e. The summed E-state index contributed by atoms with van der Waals surface area (Å²) in [7, 11) is 1.55. The van der Waals surface area contributed by atoms with E-state index in [9.17, 15) is 10.2 Å². The Morgan fingerprint density at radius 2 is 2.05 bits per heavy atom. The molecular formula is C16H15N3O3. The average Bonchev–Trinajstić information content (AvgIpc) is 2.54. The van der Waals surface area contributed by atoms with Crippen LogP contribution in [-0.4, -0.2) is 27.3 Å². The van der Waals surface area contributed by atoms with Crippen LogP contribution in [0.5, 0.6) is 11.5 Å². The highest BCUT2D eigenvalue weighted by Gasteiger charge is 2.10. The number of methoxy groups -OCH3 is 1. The molecule has 0 bridgehead atoms. The van der Waals surface area contributed by atoms with Crippen molar-refractivity contribution in [3.63, 3.8) is 0 Å². The summed E-state index contributed by atoms with van der Waals surface area (Å²) in [5.74, 6) is 1.34. The van der Waals surface area contributed by atoms with E-state index in [1.54, 1.807) is 37.4 Å². The number of anilines is 2. The summed E-state index contributed by atoms with van der Waals surface area (Å²) in [5, 5.41) is 22.8. The maximum atomic E-state index is 9.53. The molecule has 0 aliphatic heterocycles. The zero-order chi connectivity index (χ0) is 15.5. The van der Waals surface area contributed by atoms with Gasteiger partial charge in [-0.2, -0.15) is 0 Å². The molecule has 0 amide bonds. The molecule has 112 valence electrons. The number of nitrogens with zero attached hydrogens (tertiary/aromatic N) is 2. The van der Waals surface area contributed by atoms with E-state index < -0.39 is 0 Å². The minimum atomic E-state index is -0.127. The maximum absolute atomic E-state index is 9.53. The topological polar surface area (TPSA) is 87.5 Å². The van der Waals surface area contributed by atoms with E-state index in [0.717, 1.165) is 5.39 Å². The van der Waals surface area contributed by atoms with Crippen LogP contribution in [0.25, 0.3) is 10.9 Å². The van der Waals surface area contributed by atoms with Crippen molar-refractivity contribution in [2.24, 2.45) is 0 Å². The summed E-state index contributed by atoms with van der Waals surface area (Å²) in [4.78, 5) is 8.46. The number of aromatic nitrogens is 2. The van der Waals surface area contributed by atoms with Crippen molar-refractivity contribution in [2.75, 3.05) is 12.4 Å². The van der Waals surface area contributed by atoms with Crippen molar-refractivity contribution in [3.05, 3.63) is 48.3 Å². The van der Waals surface area contributed by atoms with Gasteiger partial charge in [-0.05, 0) is 24.3 Å². The third-order valence-corrected chi connectivity index (χ3v) is 3.32. The van der Waals surface area contributed by atoms with Gasteiger partial charge in [-0.1, -0.05) is 6.07 Å². The summed E-state index contributed by atoms with van der Waals surface area (Å²) < 4.78 is 5.29. The number of aliphatic hydroxyl groups is 1. The molecule has 3 rings (SSSR count). The van der Waals surface area contributed by atoms with Crippen molar-refractivity contribution in [1.29, 1.82) is 0 Å². The van der Waals surface area contributed by atoms with Crippen molar-refractivity contribution in [3.8, 4) is 11.5 Å². The molecule has 0 saturated carbocycles. The summed E-state index contributed by atoms with van der Waals surface area (Å²) in [6, 6.07) is 10.3. The number of aliphatic hydroxyl groups excluding tert-OH is 1. The van der Waals surface area contributed by atoms with E-state index in [1.807, 2.05) is 6.07 Å². The van der Waals surface area contributed by atoms with Gasteiger partial charge < -0.3 is 20.3 Å². The van der Waals surface area contributed by atoms with Gasteiger partial charge in [0.05, 0.1) is 19.2 Å². The van der Waals surface area contributed by atoms with E-state index >= 15 is 0 Å². The lowest BCUT2D eigenvalue weighted by atomic mass is 10.1. The largest absolute Gasteiger partial charge is 0.508 e. The van der Waals surface area contributed by atoms with E-state index in [-0.39, 0.29) is 12.4 Å². The quantitative estimate of drug-likeness (QED) is 0.686. The first-order valence-corrected chi connectivity index (χ1v) is 6.70. The molecule has 0 radical (unpaired) electrons. The van der Waals surface area contributed by atoms with Gasteiger partial charge in [0.2, 0.25) is 0 Å². The van der Waals surface area contributed by atoms with Crippen LogP contribution in [0.4, 0.5) is 11.5 Å². The molecule has 0 unspecified atom stereocenters. The fourth-order valence-corrected chi connectivity index (χ4v) is 2.26. The second-order valence-corrected chi connectivity index (χ2v) is 4.74. The predicted molar refractivity (Wildman–Crippen MR) is 83.4 cm³/mol. The number of nitrogens with one attached hydrogen (secondary N) is 1. The van der Waals surface area contributed by atoms with E-state index in [2.05, 4.69) is 15.3 Å². The second kappa shape index (κ2) is 5.87. The van der Waals surface area contributed by atoms with Crippen LogP contribution in [0.15, 0.2) is 42.7 Å². The first-order chi connectivity index (χ1) is 10.7. The van der Waals surface area contributed by atoms with Crippen molar-refractivity contribution >= 4 is 22.4 Å². The number of ether oxygens (including phenoxy) is 1. The van der Waals surface area contributed by atoms with Gasteiger partial charge in [-0.25, -0.2) is 9.97 Å². The number of aromatic hydroxyl groups is 1. The SMILES string of the molecule is COc1cc2c(Nc3cccc(O)c3)ncnc2cc1CO. The Kier molecular flexibility index (Phi) is 3.76. The van der Waals surface area contributed by atoms with Crippen LogP contribution in [0.3, 0.4) is 0 Å². The number of rotatable bonds is 4. The van der Waals surface area contributed by atoms with Gasteiger partial charge in [0.25, 0.3) is 0 Å². The zero-order valence-corrected chi connectivity index (χ0v) is 11.9. The zero-order valence-electron chi connectivity index (χ0n) is 11.9. The normalized spacial score (nSPS) is 10.6. The Balaban J connectivity index is 2.09. The molecule has 22 heavy (non-hydrogen) atoms. The first-order valence-electron chi connectivity index (χ1n) is 6.70. The minimum absolute atomic E-state index is 0.127. The molecule has 0 saturated heterocycles. The lowest BCUT2D eigenvalue weighted by Crippen LogP contribution is -1.98. The molecule has 3 aromatic rings. The van der Waals surface area contributed by atoms with Crippen LogP contribution in [0, 0.1) is 0 Å². The van der Waals surface area contributed by atoms with E-state index in [4.69, 9.17) is 4.74 Å². The highest BCUT2D eigenvalue weighted by molar-refractivity contribution is 5.92.